The van der Waals surface area contributed by atoms with Gasteiger partial charge in [-0.2, -0.15) is 0 Å². The Hall–Kier alpha value is -1.34. The molecule has 0 aromatic heterocycles. The summed E-state index contributed by atoms with van der Waals surface area (Å²) < 4.78 is 10.5. The minimum Gasteiger partial charge on any atom is -0.481 e. The average molecular weight is 290 g/mol. The lowest BCUT2D eigenvalue weighted by Crippen LogP contribution is -2.47. The summed E-state index contributed by atoms with van der Waals surface area (Å²) >= 11 is 0. The number of hydrogen-bond acceptors (Lipinski definition) is 4. The lowest BCUT2D eigenvalue weighted by atomic mass is 10.2. The first kappa shape index (κ1) is 18.7. The molecule has 2 amide bonds. The SMILES string of the molecule is CCOCCN(CCOCC)C(=O)NC(C)CC(=O)O. The number of nitrogens with zero attached hydrogens (tertiary/aromatic N) is 1. The van der Waals surface area contributed by atoms with Gasteiger partial charge in [0.2, 0.25) is 0 Å². The zero-order valence-electron chi connectivity index (χ0n) is 12.6. The largest absolute Gasteiger partial charge is 0.481 e. The van der Waals surface area contributed by atoms with E-state index in [-0.39, 0.29) is 12.5 Å². The molecule has 7 heteroatoms. The second-order valence-corrected chi connectivity index (χ2v) is 4.33. The predicted molar refractivity (Wildman–Crippen MR) is 74.8 cm³/mol. The standard InChI is InChI=1S/C13H26N2O5/c1-4-19-8-6-15(7-9-20-5-2)13(18)14-11(3)10-12(16)17/h11H,4-10H2,1-3H3,(H,14,18)(H,16,17). The van der Waals surface area contributed by atoms with Gasteiger partial charge in [0.05, 0.1) is 19.6 Å². The molecular weight excluding hydrogens is 264 g/mol. The Morgan fingerprint density at radius 1 is 1.15 bits per heavy atom. The number of carbonyl (C=O) groups is 2. The molecule has 0 rings (SSSR count). The van der Waals surface area contributed by atoms with Crippen LogP contribution in [0.3, 0.4) is 0 Å². The van der Waals surface area contributed by atoms with Gasteiger partial charge in [-0.3, -0.25) is 4.79 Å². The smallest absolute Gasteiger partial charge is 0.317 e. The van der Waals surface area contributed by atoms with Crippen molar-refractivity contribution in [1.29, 1.82) is 0 Å². The molecule has 0 spiro atoms. The van der Waals surface area contributed by atoms with Gasteiger partial charge in [0.1, 0.15) is 0 Å². The predicted octanol–water partition coefficient (Wildman–Crippen LogP) is 0.934. The number of carboxylic acid groups (broad SMARTS) is 1. The van der Waals surface area contributed by atoms with E-state index in [4.69, 9.17) is 14.6 Å². The number of carbonyl (C=O) groups excluding carboxylic acids is 1. The second-order valence-electron chi connectivity index (χ2n) is 4.33. The third kappa shape index (κ3) is 9.57. The van der Waals surface area contributed by atoms with E-state index in [1.807, 2.05) is 13.8 Å². The van der Waals surface area contributed by atoms with Crippen LogP contribution in [0.2, 0.25) is 0 Å². The highest BCUT2D eigenvalue weighted by Gasteiger charge is 2.16. The van der Waals surface area contributed by atoms with E-state index < -0.39 is 12.0 Å². The molecule has 20 heavy (non-hydrogen) atoms. The lowest BCUT2D eigenvalue weighted by molar-refractivity contribution is -0.137. The van der Waals surface area contributed by atoms with Crippen molar-refractivity contribution in [3.8, 4) is 0 Å². The molecule has 0 heterocycles. The van der Waals surface area contributed by atoms with Crippen LogP contribution >= 0.6 is 0 Å². The molecule has 0 aliphatic heterocycles. The molecule has 0 saturated heterocycles. The molecule has 0 aliphatic rings. The van der Waals surface area contributed by atoms with Crippen molar-refractivity contribution in [2.75, 3.05) is 39.5 Å². The highest BCUT2D eigenvalue weighted by Crippen LogP contribution is 1.96. The Labute approximate surface area is 120 Å². The van der Waals surface area contributed by atoms with Crippen LogP contribution in [0.1, 0.15) is 27.2 Å². The second kappa shape index (κ2) is 11.5. The molecule has 2 N–H and O–H groups in total. The topological polar surface area (TPSA) is 88.1 Å². The summed E-state index contributed by atoms with van der Waals surface area (Å²) in [4.78, 5) is 24.2. The minimum atomic E-state index is -0.937. The van der Waals surface area contributed by atoms with Crippen LogP contribution in [-0.4, -0.2) is 67.6 Å². The molecule has 0 aliphatic carbocycles. The molecule has 0 aromatic carbocycles. The Bertz CT molecular complexity index is 276. The van der Waals surface area contributed by atoms with Crippen LogP contribution in [0.4, 0.5) is 4.79 Å². The molecule has 118 valence electrons. The van der Waals surface area contributed by atoms with Gasteiger partial charge in [-0.05, 0) is 20.8 Å². The van der Waals surface area contributed by atoms with Crippen molar-refractivity contribution in [3.63, 3.8) is 0 Å². The molecule has 0 radical (unpaired) electrons. The fourth-order valence-electron chi connectivity index (χ4n) is 1.57. The fourth-order valence-corrected chi connectivity index (χ4v) is 1.57. The summed E-state index contributed by atoms with van der Waals surface area (Å²) in [7, 11) is 0. The Morgan fingerprint density at radius 2 is 1.65 bits per heavy atom. The summed E-state index contributed by atoms with van der Waals surface area (Å²) in [6.45, 7) is 8.42. The number of urea groups is 1. The number of amides is 2. The van der Waals surface area contributed by atoms with Gasteiger partial charge in [0, 0.05) is 32.3 Å². The zero-order chi connectivity index (χ0) is 15.4. The number of carboxylic acids is 1. The first-order chi connectivity index (χ1) is 9.51. The number of aliphatic carboxylic acids is 1. The van der Waals surface area contributed by atoms with Gasteiger partial charge in [-0.25, -0.2) is 4.79 Å². The lowest BCUT2D eigenvalue weighted by Gasteiger charge is -2.24. The summed E-state index contributed by atoms with van der Waals surface area (Å²) in [6.07, 6.45) is -0.101. The maximum absolute atomic E-state index is 12.0. The van der Waals surface area contributed by atoms with Crippen LogP contribution < -0.4 is 5.32 Å². The quantitative estimate of drug-likeness (QED) is 0.553. The Balaban J connectivity index is 4.25. The van der Waals surface area contributed by atoms with E-state index in [9.17, 15) is 9.59 Å². The van der Waals surface area contributed by atoms with Crippen LogP contribution in [0.5, 0.6) is 0 Å². The highest BCUT2D eigenvalue weighted by molar-refractivity contribution is 5.75. The highest BCUT2D eigenvalue weighted by atomic mass is 16.5. The maximum atomic E-state index is 12.0. The van der Waals surface area contributed by atoms with E-state index >= 15 is 0 Å². The van der Waals surface area contributed by atoms with Gasteiger partial charge in [-0.15, -0.1) is 0 Å². The van der Waals surface area contributed by atoms with Crippen LogP contribution in [0.15, 0.2) is 0 Å². The van der Waals surface area contributed by atoms with E-state index in [0.29, 0.717) is 39.5 Å². The zero-order valence-corrected chi connectivity index (χ0v) is 12.6. The van der Waals surface area contributed by atoms with Gasteiger partial charge < -0.3 is 24.8 Å². The first-order valence-corrected chi connectivity index (χ1v) is 6.93. The third-order valence-electron chi connectivity index (χ3n) is 2.56. The Kier molecular flexibility index (Phi) is 10.7. The fraction of sp³-hybridized carbons (Fsp3) is 0.846. The normalized spacial score (nSPS) is 11.9. The van der Waals surface area contributed by atoms with E-state index in [2.05, 4.69) is 5.32 Å². The van der Waals surface area contributed by atoms with Crippen molar-refractivity contribution >= 4 is 12.0 Å². The average Bonchev–Trinajstić information content (AvgIpc) is 2.36. The van der Waals surface area contributed by atoms with E-state index in [1.54, 1.807) is 11.8 Å². The number of hydrogen-bond donors (Lipinski definition) is 2. The third-order valence-corrected chi connectivity index (χ3v) is 2.56. The molecule has 0 saturated carbocycles. The van der Waals surface area contributed by atoms with Crippen molar-refractivity contribution < 1.29 is 24.2 Å². The number of ether oxygens (including phenoxy) is 2. The summed E-state index contributed by atoms with van der Waals surface area (Å²) in [6, 6.07) is -0.708. The van der Waals surface area contributed by atoms with Crippen molar-refractivity contribution in [3.05, 3.63) is 0 Å². The van der Waals surface area contributed by atoms with Crippen LogP contribution in [0, 0.1) is 0 Å². The molecule has 0 bridgehead atoms. The monoisotopic (exact) mass is 290 g/mol. The summed E-state index contributed by atoms with van der Waals surface area (Å²) in [5, 5.41) is 11.3. The van der Waals surface area contributed by atoms with Gasteiger partial charge in [0.15, 0.2) is 0 Å². The molecule has 1 atom stereocenters. The Morgan fingerprint density at radius 3 is 2.05 bits per heavy atom. The molecule has 7 nitrogen and oxygen atoms in total. The first-order valence-electron chi connectivity index (χ1n) is 6.93. The van der Waals surface area contributed by atoms with E-state index in [0.717, 1.165) is 0 Å². The van der Waals surface area contributed by atoms with Gasteiger partial charge >= 0.3 is 12.0 Å². The maximum Gasteiger partial charge on any atom is 0.317 e. The molecular formula is C13H26N2O5. The van der Waals surface area contributed by atoms with E-state index in [1.165, 1.54) is 0 Å². The minimum absolute atomic E-state index is 0.101. The number of rotatable bonds is 11. The van der Waals surface area contributed by atoms with Crippen LogP contribution in [0.25, 0.3) is 0 Å². The molecule has 1 unspecified atom stereocenters. The van der Waals surface area contributed by atoms with Gasteiger partial charge in [0.25, 0.3) is 0 Å². The summed E-state index contributed by atoms with van der Waals surface area (Å²) in [5.74, 6) is -0.937. The van der Waals surface area contributed by atoms with Crippen molar-refractivity contribution in [2.24, 2.45) is 0 Å². The van der Waals surface area contributed by atoms with Crippen LogP contribution in [-0.2, 0) is 14.3 Å². The molecule has 0 fully saturated rings. The van der Waals surface area contributed by atoms with Crippen molar-refractivity contribution in [1.82, 2.24) is 10.2 Å². The summed E-state index contributed by atoms with van der Waals surface area (Å²) in [5.41, 5.74) is 0. The van der Waals surface area contributed by atoms with Crippen molar-refractivity contribution in [2.45, 2.75) is 33.2 Å². The molecule has 0 aromatic rings. The van der Waals surface area contributed by atoms with Gasteiger partial charge in [-0.1, -0.05) is 0 Å². The number of nitrogens with one attached hydrogen (secondary N) is 1.